The average Bonchev–Trinajstić information content (AvgIpc) is 2.73. The van der Waals surface area contributed by atoms with Gasteiger partial charge in [-0.2, -0.15) is 0 Å². The van der Waals surface area contributed by atoms with Crippen LogP contribution in [0.25, 0.3) is 0 Å². The van der Waals surface area contributed by atoms with Crippen LogP contribution in [0.3, 0.4) is 0 Å². The largest absolute Gasteiger partial charge is 0.496 e. The quantitative estimate of drug-likeness (QED) is 0.263. The Kier molecular flexibility index (Phi) is 12.7. The third kappa shape index (κ3) is 9.86. The molecule has 2 atom stereocenters. The summed E-state index contributed by atoms with van der Waals surface area (Å²) in [7, 11) is 1.54. The molecule has 0 spiro atoms. The number of amides is 1. The van der Waals surface area contributed by atoms with Crippen molar-refractivity contribution in [2.24, 2.45) is 23.5 Å². The molecule has 0 aromatic heterocycles. The molecule has 180 valence electrons. The molecule has 0 saturated heterocycles. The van der Waals surface area contributed by atoms with Gasteiger partial charge in [0, 0.05) is 18.5 Å². The molecule has 1 aromatic carbocycles. The molecule has 0 aliphatic rings. The van der Waals surface area contributed by atoms with Crippen LogP contribution in [0.5, 0.6) is 5.75 Å². The van der Waals surface area contributed by atoms with Crippen LogP contribution in [0, 0.1) is 17.8 Å². The van der Waals surface area contributed by atoms with Gasteiger partial charge in [0.25, 0.3) is 0 Å². The van der Waals surface area contributed by atoms with Gasteiger partial charge < -0.3 is 20.9 Å². The Morgan fingerprint density at radius 1 is 1.19 bits per heavy atom. The molecule has 0 fully saturated rings. The van der Waals surface area contributed by atoms with Crippen molar-refractivity contribution < 1.29 is 19.4 Å². The zero-order valence-corrected chi connectivity index (χ0v) is 20.4. The first-order chi connectivity index (χ1) is 15.2. The van der Waals surface area contributed by atoms with Gasteiger partial charge in [-0.3, -0.25) is 9.59 Å². The molecule has 0 saturated carbocycles. The van der Waals surface area contributed by atoms with Gasteiger partial charge >= 0.3 is 5.97 Å². The first-order valence-electron chi connectivity index (χ1n) is 11.7. The maximum atomic E-state index is 12.2. The Morgan fingerprint density at radius 2 is 1.91 bits per heavy atom. The average molecular weight is 447 g/mol. The molecule has 6 nitrogen and oxygen atoms in total. The molecule has 4 N–H and O–H groups in total. The molecule has 32 heavy (non-hydrogen) atoms. The number of benzene rings is 1. The molecule has 0 heterocycles. The Labute approximate surface area is 193 Å². The smallest absolute Gasteiger partial charge is 0.311 e. The lowest BCUT2D eigenvalue weighted by Crippen LogP contribution is -2.29. The summed E-state index contributed by atoms with van der Waals surface area (Å²) in [6, 6.07) is 5.46. The number of rotatable bonds is 15. The second kappa shape index (κ2) is 14.7. The van der Waals surface area contributed by atoms with Gasteiger partial charge in [-0.15, -0.1) is 0 Å². The summed E-state index contributed by atoms with van der Waals surface area (Å²) in [6.07, 6.45) is 8.43. The van der Waals surface area contributed by atoms with Crippen LogP contribution in [0.2, 0.25) is 0 Å². The molecule has 0 radical (unpaired) electrons. The lowest BCUT2D eigenvalue weighted by molar-refractivity contribution is -0.140. The number of carboxylic acid groups (broad SMARTS) is 1. The van der Waals surface area contributed by atoms with Crippen LogP contribution in [-0.4, -0.2) is 30.6 Å². The highest BCUT2D eigenvalue weighted by Gasteiger charge is 2.31. The molecular weight excluding hydrogens is 404 g/mol. The predicted molar refractivity (Wildman–Crippen MR) is 130 cm³/mol. The van der Waals surface area contributed by atoms with Crippen LogP contribution in [-0.2, 0) is 16.1 Å². The first kappa shape index (κ1) is 27.7. The van der Waals surface area contributed by atoms with Crippen LogP contribution in [0.15, 0.2) is 30.4 Å². The van der Waals surface area contributed by atoms with Crippen LogP contribution in [0.4, 0.5) is 0 Å². The van der Waals surface area contributed by atoms with E-state index in [1.807, 2.05) is 12.1 Å². The molecule has 0 aliphatic carbocycles. The van der Waals surface area contributed by atoms with Crippen molar-refractivity contribution in [2.45, 2.75) is 72.3 Å². The van der Waals surface area contributed by atoms with E-state index in [9.17, 15) is 14.7 Å². The Balaban J connectivity index is 2.73. The summed E-state index contributed by atoms with van der Waals surface area (Å²) in [5, 5.41) is 12.8. The topological polar surface area (TPSA) is 102 Å². The summed E-state index contributed by atoms with van der Waals surface area (Å²) < 4.78 is 5.52. The lowest BCUT2D eigenvalue weighted by Gasteiger charge is -2.26. The minimum absolute atomic E-state index is 0.0180. The van der Waals surface area contributed by atoms with Gasteiger partial charge in [-0.1, -0.05) is 52.0 Å². The Hall–Kier alpha value is -2.34. The van der Waals surface area contributed by atoms with Crippen molar-refractivity contribution in [1.29, 1.82) is 0 Å². The number of nitrogens with two attached hydrogens (primary N) is 1. The SMILES string of the molecule is COc1cc(CNC(=O)CCCC/C=C/C(C)C)ccc1[C@H](C(=O)O)C(CN)CC(C)C. The molecule has 1 amide bonds. The molecule has 1 aromatic rings. The summed E-state index contributed by atoms with van der Waals surface area (Å²) >= 11 is 0. The Morgan fingerprint density at radius 3 is 2.47 bits per heavy atom. The van der Waals surface area contributed by atoms with Gasteiger partial charge in [-0.25, -0.2) is 0 Å². The summed E-state index contributed by atoms with van der Waals surface area (Å²) in [6.45, 7) is 9.10. The van der Waals surface area contributed by atoms with Crippen LogP contribution < -0.4 is 15.8 Å². The highest BCUT2D eigenvalue weighted by atomic mass is 16.5. The van der Waals surface area contributed by atoms with Crippen molar-refractivity contribution >= 4 is 11.9 Å². The third-order valence-corrected chi connectivity index (χ3v) is 5.48. The number of aliphatic carboxylic acids is 1. The zero-order valence-electron chi connectivity index (χ0n) is 20.4. The zero-order chi connectivity index (χ0) is 24.1. The lowest BCUT2D eigenvalue weighted by atomic mass is 9.80. The van der Waals surface area contributed by atoms with E-state index in [1.54, 1.807) is 6.07 Å². The molecule has 6 heteroatoms. The predicted octanol–water partition coefficient (Wildman–Crippen LogP) is 4.87. The van der Waals surface area contributed by atoms with Crippen molar-refractivity contribution in [3.63, 3.8) is 0 Å². The van der Waals surface area contributed by atoms with E-state index in [-0.39, 0.29) is 11.8 Å². The fourth-order valence-corrected chi connectivity index (χ4v) is 3.89. The second-order valence-corrected chi connectivity index (χ2v) is 9.21. The van der Waals surface area contributed by atoms with E-state index in [1.165, 1.54) is 7.11 Å². The van der Waals surface area contributed by atoms with Gasteiger partial charge in [0.15, 0.2) is 0 Å². The second-order valence-electron chi connectivity index (χ2n) is 9.21. The number of carbonyl (C=O) groups is 2. The van der Waals surface area contributed by atoms with Crippen LogP contribution >= 0.6 is 0 Å². The maximum Gasteiger partial charge on any atom is 0.311 e. The normalized spacial score (nSPS) is 13.5. The third-order valence-electron chi connectivity index (χ3n) is 5.48. The van der Waals surface area contributed by atoms with Gasteiger partial charge in [-0.05, 0) is 61.6 Å². The summed E-state index contributed by atoms with van der Waals surface area (Å²) in [4.78, 5) is 24.2. The highest BCUT2D eigenvalue weighted by molar-refractivity contribution is 5.78. The van der Waals surface area contributed by atoms with Gasteiger partial charge in [0.1, 0.15) is 5.75 Å². The van der Waals surface area contributed by atoms with Crippen LogP contribution in [0.1, 0.15) is 76.8 Å². The monoisotopic (exact) mass is 446 g/mol. The van der Waals surface area contributed by atoms with E-state index >= 15 is 0 Å². The molecule has 1 unspecified atom stereocenters. The summed E-state index contributed by atoms with van der Waals surface area (Å²) in [5.41, 5.74) is 7.42. The number of nitrogens with one attached hydrogen (secondary N) is 1. The standard InChI is InChI=1S/C26H42N2O4/c1-18(2)10-8-6-7-9-11-24(29)28-17-20-12-13-22(23(15-20)32-5)25(26(30)31)21(16-27)14-19(3)4/h8,10,12-13,15,18-19,21,25H,6-7,9,11,14,16-17,27H2,1-5H3,(H,28,29)(H,30,31)/b10-8+/t21?,25-/m1/s1. The summed E-state index contributed by atoms with van der Waals surface area (Å²) in [5.74, 6) is -0.370. The van der Waals surface area contributed by atoms with Crippen molar-refractivity contribution in [2.75, 3.05) is 13.7 Å². The minimum Gasteiger partial charge on any atom is -0.496 e. The number of allylic oxidation sites excluding steroid dienone is 2. The number of carboxylic acids is 1. The number of unbranched alkanes of at least 4 members (excludes halogenated alkanes) is 2. The number of hydrogen-bond acceptors (Lipinski definition) is 4. The fourth-order valence-electron chi connectivity index (χ4n) is 3.89. The fraction of sp³-hybridized carbons (Fsp3) is 0.615. The Bertz CT molecular complexity index is 743. The number of ether oxygens (including phenoxy) is 1. The number of hydrogen-bond donors (Lipinski definition) is 3. The van der Waals surface area contributed by atoms with Gasteiger partial charge in [0.05, 0.1) is 13.0 Å². The molecule has 0 aliphatic heterocycles. The van der Waals surface area contributed by atoms with E-state index in [0.29, 0.717) is 42.7 Å². The van der Waals surface area contributed by atoms with Gasteiger partial charge in [0.2, 0.25) is 5.91 Å². The van der Waals surface area contributed by atoms with Crippen molar-refractivity contribution in [1.82, 2.24) is 5.32 Å². The number of carbonyl (C=O) groups excluding carboxylic acids is 1. The highest BCUT2D eigenvalue weighted by Crippen LogP contribution is 2.35. The van der Waals surface area contributed by atoms with Crippen molar-refractivity contribution in [3.05, 3.63) is 41.5 Å². The molecule has 1 rings (SSSR count). The molecular formula is C26H42N2O4. The van der Waals surface area contributed by atoms with E-state index < -0.39 is 11.9 Å². The first-order valence-corrected chi connectivity index (χ1v) is 11.7. The number of methoxy groups -OCH3 is 1. The maximum absolute atomic E-state index is 12.2. The van der Waals surface area contributed by atoms with E-state index in [2.05, 4.69) is 45.2 Å². The van der Waals surface area contributed by atoms with E-state index in [0.717, 1.165) is 31.2 Å². The van der Waals surface area contributed by atoms with E-state index in [4.69, 9.17) is 10.5 Å². The minimum atomic E-state index is -0.899. The molecule has 0 bridgehead atoms. The van der Waals surface area contributed by atoms with Crippen molar-refractivity contribution in [3.8, 4) is 5.75 Å².